The number of rotatable bonds is 1. The Bertz CT molecular complexity index is 312. The molecule has 0 amide bonds. The molecule has 2 rings (SSSR count). The summed E-state index contributed by atoms with van der Waals surface area (Å²) in [5, 5.41) is 11.2. The third-order valence-corrected chi connectivity index (χ3v) is 1.85. The smallest absolute Gasteiger partial charge is 0.135 e. The van der Waals surface area contributed by atoms with Crippen LogP contribution in [0.15, 0.2) is 39.7 Å². The monoisotopic (exact) mass is 159 g/mol. The number of nitrogens with zero attached hydrogens (tertiary/aromatic N) is 3. The van der Waals surface area contributed by atoms with Gasteiger partial charge in [-0.2, -0.15) is 5.11 Å². The Kier molecular flexibility index (Phi) is 1.70. The molecule has 0 aromatic heterocycles. The van der Waals surface area contributed by atoms with Crippen LogP contribution in [0, 0.1) is 6.92 Å². The van der Waals surface area contributed by atoms with E-state index in [1.807, 2.05) is 0 Å². The van der Waals surface area contributed by atoms with Gasteiger partial charge in [0.05, 0.1) is 6.21 Å². The summed E-state index contributed by atoms with van der Waals surface area (Å²) in [6.07, 6.45) is 1.74. The molecule has 1 aromatic rings. The lowest BCUT2D eigenvalue weighted by atomic mass is 10.1. The minimum absolute atomic E-state index is 0.0330. The molecule has 0 radical (unpaired) electrons. The van der Waals surface area contributed by atoms with Crippen LogP contribution in [0.25, 0.3) is 0 Å². The molecule has 1 unspecified atom stereocenters. The highest BCUT2D eigenvalue weighted by atomic mass is 15.4. The van der Waals surface area contributed by atoms with E-state index in [-0.39, 0.29) is 6.04 Å². The number of hydrogen-bond acceptors (Lipinski definition) is 3. The van der Waals surface area contributed by atoms with E-state index < -0.39 is 0 Å². The summed E-state index contributed by atoms with van der Waals surface area (Å²) in [7, 11) is 0. The first-order chi connectivity index (χ1) is 5.86. The first kappa shape index (κ1) is 7.16. The molecule has 3 nitrogen and oxygen atoms in total. The van der Waals surface area contributed by atoms with Gasteiger partial charge in [0.2, 0.25) is 0 Å². The molecule has 1 aliphatic rings. The van der Waals surface area contributed by atoms with Gasteiger partial charge in [-0.05, 0) is 17.7 Å². The summed E-state index contributed by atoms with van der Waals surface area (Å²) in [6, 6.07) is 8.27. The maximum atomic E-state index is 3.94. The summed E-state index contributed by atoms with van der Waals surface area (Å²) in [5.74, 6) is 0. The molecular formula is C9H9N3. The normalized spacial score (nSPS) is 20.2. The van der Waals surface area contributed by atoms with E-state index in [0.29, 0.717) is 0 Å². The largest absolute Gasteiger partial charge is 0.155 e. The first-order valence-corrected chi connectivity index (χ1v) is 3.86. The molecule has 60 valence electrons. The van der Waals surface area contributed by atoms with Crippen molar-refractivity contribution >= 4 is 6.21 Å². The van der Waals surface area contributed by atoms with Crippen LogP contribution in [0.2, 0.25) is 0 Å². The molecule has 1 aromatic carbocycles. The fraction of sp³-hybridized carbons (Fsp3) is 0.222. The Morgan fingerprint density at radius 2 is 1.92 bits per heavy atom. The van der Waals surface area contributed by atoms with Crippen LogP contribution >= 0.6 is 0 Å². The van der Waals surface area contributed by atoms with Crippen LogP contribution in [0.1, 0.15) is 17.2 Å². The fourth-order valence-corrected chi connectivity index (χ4v) is 1.12. The lowest BCUT2D eigenvalue weighted by Crippen LogP contribution is -1.92. The molecule has 3 heteroatoms. The third kappa shape index (κ3) is 1.25. The standard InChI is InChI=1S/C9H9N3/c1-7-2-4-8(5-3-7)9-6-10-12-11-9/h2-6,9H,1H3. The second-order valence-electron chi connectivity index (χ2n) is 2.82. The molecule has 0 saturated heterocycles. The molecule has 0 saturated carbocycles. The summed E-state index contributed by atoms with van der Waals surface area (Å²) in [6.45, 7) is 2.06. The van der Waals surface area contributed by atoms with E-state index in [1.165, 1.54) is 5.56 Å². The average Bonchev–Trinajstić information content (AvgIpc) is 2.58. The first-order valence-electron chi connectivity index (χ1n) is 3.86. The second kappa shape index (κ2) is 2.85. The van der Waals surface area contributed by atoms with E-state index in [2.05, 4.69) is 46.6 Å². The van der Waals surface area contributed by atoms with Gasteiger partial charge in [0, 0.05) is 0 Å². The van der Waals surface area contributed by atoms with Crippen molar-refractivity contribution in [3.63, 3.8) is 0 Å². The van der Waals surface area contributed by atoms with Crippen molar-refractivity contribution in [1.82, 2.24) is 0 Å². The summed E-state index contributed by atoms with van der Waals surface area (Å²) >= 11 is 0. The van der Waals surface area contributed by atoms with Gasteiger partial charge in [-0.25, -0.2) is 0 Å². The number of hydrogen-bond donors (Lipinski definition) is 0. The van der Waals surface area contributed by atoms with Crippen LogP contribution in [0.5, 0.6) is 0 Å². The Hall–Kier alpha value is -1.51. The van der Waals surface area contributed by atoms with Crippen molar-refractivity contribution in [2.45, 2.75) is 13.0 Å². The SMILES string of the molecule is Cc1ccc(C2C=NN=N2)cc1. The zero-order valence-corrected chi connectivity index (χ0v) is 6.81. The maximum Gasteiger partial charge on any atom is 0.135 e. The van der Waals surface area contributed by atoms with Crippen LogP contribution in [0.3, 0.4) is 0 Å². The topological polar surface area (TPSA) is 37.1 Å². The number of aryl methyl sites for hydroxylation is 1. The molecule has 0 fully saturated rings. The van der Waals surface area contributed by atoms with Gasteiger partial charge in [0.25, 0.3) is 0 Å². The predicted octanol–water partition coefficient (Wildman–Crippen LogP) is 2.49. The Labute approximate surface area is 70.8 Å². The quantitative estimate of drug-likeness (QED) is 0.603. The summed E-state index contributed by atoms with van der Waals surface area (Å²) in [4.78, 5) is 0. The molecule has 0 spiro atoms. The second-order valence-corrected chi connectivity index (χ2v) is 2.82. The summed E-state index contributed by atoms with van der Waals surface area (Å²) in [5.41, 5.74) is 2.40. The Morgan fingerprint density at radius 3 is 2.50 bits per heavy atom. The van der Waals surface area contributed by atoms with Crippen LogP contribution in [-0.4, -0.2) is 6.21 Å². The fourth-order valence-electron chi connectivity index (χ4n) is 1.12. The molecule has 1 atom stereocenters. The van der Waals surface area contributed by atoms with Gasteiger partial charge in [0.15, 0.2) is 0 Å². The van der Waals surface area contributed by atoms with Gasteiger partial charge >= 0.3 is 0 Å². The van der Waals surface area contributed by atoms with E-state index >= 15 is 0 Å². The lowest BCUT2D eigenvalue weighted by molar-refractivity contribution is 0.907. The van der Waals surface area contributed by atoms with E-state index in [1.54, 1.807) is 6.21 Å². The van der Waals surface area contributed by atoms with Crippen LogP contribution in [-0.2, 0) is 0 Å². The van der Waals surface area contributed by atoms with Crippen LogP contribution < -0.4 is 0 Å². The van der Waals surface area contributed by atoms with Crippen molar-refractivity contribution in [2.75, 3.05) is 0 Å². The molecule has 1 aliphatic heterocycles. The molecule has 1 heterocycles. The zero-order chi connectivity index (χ0) is 8.39. The van der Waals surface area contributed by atoms with Crippen molar-refractivity contribution in [2.24, 2.45) is 15.4 Å². The molecule has 12 heavy (non-hydrogen) atoms. The van der Waals surface area contributed by atoms with Crippen molar-refractivity contribution in [1.29, 1.82) is 0 Å². The highest BCUT2D eigenvalue weighted by molar-refractivity contribution is 5.68. The van der Waals surface area contributed by atoms with E-state index in [0.717, 1.165) is 5.56 Å². The predicted molar refractivity (Wildman–Crippen MR) is 47.3 cm³/mol. The summed E-state index contributed by atoms with van der Waals surface area (Å²) < 4.78 is 0. The Morgan fingerprint density at radius 1 is 1.17 bits per heavy atom. The average molecular weight is 159 g/mol. The molecule has 0 bridgehead atoms. The van der Waals surface area contributed by atoms with Gasteiger partial charge in [-0.3, -0.25) is 0 Å². The maximum absolute atomic E-state index is 3.94. The van der Waals surface area contributed by atoms with Crippen molar-refractivity contribution in [3.8, 4) is 0 Å². The highest BCUT2D eigenvalue weighted by Crippen LogP contribution is 2.19. The van der Waals surface area contributed by atoms with Gasteiger partial charge in [0.1, 0.15) is 6.04 Å². The zero-order valence-electron chi connectivity index (χ0n) is 6.81. The number of benzene rings is 1. The minimum Gasteiger partial charge on any atom is -0.155 e. The van der Waals surface area contributed by atoms with Gasteiger partial charge < -0.3 is 0 Å². The Balaban J connectivity index is 2.29. The van der Waals surface area contributed by atoms with Gasteiger partial charge in [-0.1, -0.05) is 29.8 Å². The van der Waals surface area contributed by atoms with Crippen molar-refractivity contribution in [3.05, 3.63) is 35.4 Å². The van der Waals surface area contributed by atoms with E-state index in [4.69, 9.17) is 0 Å². The molecule has 0 aliphatic carbocycles. The minimum atomic E-state index is 0.0330. The lowest BCUT2D eigenvalue weighted by Gasteiger charge is -2.01. The third-order valence-electron chi connectivity index (χ3n) is 1.85. The highest BCUT2D eigenvalue weighted by Gasteiger charge is 2.09. The van der Waals surface area contributed by atoms with Gasteiger partial charge in [-0.15, -0.1) is 5.10 Å². The van der Waals surface area contributed by atoms with Crippen molar-refractivity contribution < 1.29 is 0 Å². The van der Waals surface area contributed by atoms with Crippen LogP contribution in [0.4, 0.5) is 0 Å². The molecule has 0 N–H and O–H groups in total. The van der Waals surface area contributed by atoms with E-state index in [9.17, 15) is 0 Å². The molecular weight excluding hydrogens is 150 g/mol.